The molecule has 0 bridgehead atoms. The van der Waals surface area contributed by atoms with E-state index in [9.17, 15) is 26.4 Å². The van der Waals surface area contributed by atoms with Crippen LogP contribution in [0.3, 0.4) is 0 Å². The van der Waals surface area contributed by atoms with Crippen molar-refractivity contribution in [3.8, 4) is 0 Å². The summed E-state index contributed by atoms with van der Waals surface area (Å²) in [5.41, 5.74) is 1.84. The zero-order chi connectivity index (χ0) is 26.1. The summed E-state index contributed by atoms with van der Waals surface area (Å²) in [5, 5.41) is 5.61. The Kier molecular flexibility index (Phi) is 6.76. The summed E-state index contributed by atoms with van der Waals surface area (Å²) in [6.07, 6.45) is -3.77. The molecule has 4 rings (SSSR count). The molecular weight excluding hydrogens is 497 g/mol. The number of nitrogens with one attached hydrogen (secondary N) is 3. The Morgan fingerprint density at radius 2 is 1.92 bits per heavy atom. The Morgan fingerprint density at radius 3 is 2.64 bits per heavy atom. The largest absolute Gasteiger partial charge is 0.421 e. The van der Waals surface area contributed by atoms with Crippen molar-refractivity contribution in [3.05, 3.63) is 65.4 Å². The number of carbonyl (C=O) groups is 1. The summed E-state index contributed by atoms with van der Waals surface area (Å²) in [4.78, 5) is 20.8. The van der Waals surface area contributed by atoms with Gasteiger partial charge in [0.25, 0.3) is 0 Å². The molecule has 0 aliphatic carbocycles. The van der Waals surface area contributed by atoms with Crippen LogP contribution >= 0.6 is 0 Å². The van der Waals surface area contributed by atoms with Gasteiger partial charge in [-0.15, -0.1) is 0 Å². The molecule has 1 aliphatic rings. The second-order valence-corrected chi connectivity index (χ2v) is 10.2. The van der Waals surface area contributed by atoms with Gasteiger partial charge in [-0.25, -0.2) is 13.4 Å². The van der Waals surface area contributed by atoms with Gasteiger partial charge < -0.3 is 15.5 Å². The standard InChI is InChI=1S/C23H23F3N6O3S/c1-3-36(34,35)31-17-6-4-5-14(9-17)13-32(2)21-18(23(24,25)26)12-27-22(30-21)28-16-7-8-19-15(10-16)11-20(33)29-19/h4-10,12,31H,3,11,13H2,1-2H3,(H,29,33)(H,27,28,30). The monoisotopic (exact) mass is 520 g/mol. The summed E-state index contributed by atoms with van der Waals surface area (Å²) >= 11 is 0. The lowest BCUT2D eigenvalue weighted by Gasteiger charge is -2.23. The molecule has 0 saturated carbocycles. The Balaban J connectivity index is 1.60. The van der Waals surface area contributed by atoms with E-state index in [1.807, 2.05) is 0 Å². The first-order valence-corrected chi connectivity index (χ1v) is 12.5. The van der Waals surface area contributed by atoms with Crippen LogP contribution in [-0.2, 0) is 34.0 Å². The third kappa shape index (κ3) is 5.85. The molecule has 13 heteroatoms. The van der Waals surface area contributed by atoms with Gasteiger partial charge in [-0.05, 0) is 48.4 Å². The minimum absolute atomic E-state index is 0.0217. The fourth-order valence-corrected chi connectivity index (χ4v) is 4.32. The minimum Gasteiger partial charge on any atom is -0.355 e. The van der Waals surface area contributed by atoms with Crippen molar-refractivity contribution in [2.75, 3.05) is 33.1 Å². The van der Waals surface area contributed by atoms with E-state index in [0.29, 0.717) is 28.8 Å². The van der Waals surface area contributed by atoms with Crippen molar-refractivity contribution in [1.82, 2.24) is 9.97 Å². The summed E-state index contributed by atoms with van der Waals surface area (Å²) in [5.74, 6) is -0.646. The van der Waals surface area contributed by atoms with Gasteiger partial charge in [-0.2, -0.15) is 18.2 Å². The molecule has 1 aromatic heterocycles. The maximum absolute atomic E-state index is 13.7. The molecular formula is C23H23F3N6O3S. The molecule has 9 nitrogen and oxygen atoms in total. The van der Waals surface area contributed by atoms with Gasteiger partial charge in [0.05, 0.1) is 12.2 Å². The SMILES string of the molecule is CCS(=O)(=O)Nc1cccc(CN(C)c2nc(Nc3ccc4c(c3)CC(=O)N4)ncc2C(F)(F)F)c1. The first-order chi connectivity index (χ1) is 16.9. The van der Waals surface area contributed by atoms with E-state index >= 15 is 0 Å². The molecule has 2 aromatic carbocycles. The highest BCUT2D eigenvalue weighted by Crippen LogP contribution is 2.36. The van der Waals surface area contributed by atoms with Crippen molar-refractivity contribution in [2.45, 2.75) is 26.1 Å². The average Bonchev–Trinajstić information content (AvgIpc) is 3.17. The van der Waals surface area contributed by atoms with E-state index in [2.05, 4.69) is 25.3 Å². The van der Waals surface area contributed by atoms with Crippen LogP contribution in [0.4, 0.5) is 42.0 Å². The van der Waals surface area contributed by atoms with Crippen molar-refractivity contribution in [1.29, 1.82) is 0 Å². The van der Waals surface area contributed by atoms with E-state index in [4.69, 9.17) is 0 Å². The third-order valence-corrected chi connectivity index (χ3v) is 6.73. The second-order valence-electron chi connectivity index (χ2n) is 8.21. The summed E-state index contributed by atoms with van der Waals surface area (Å²) in [6, 6.07) is 11.5. The van der Waals surface area contributed by atoms with E-state index < -0.39 is 21.8 Å². The fourth-order valence-electron chi connectivity index (χ4n) is 3.69. The number of halogens is 3. The maximum atomic E-state index is 13.7. The van der Waals surface area contributed by atoms with Crippen molar-refractivity contribution in [2.24, 2.45) is 0 Å². The lowest BCUT2D eigenvalue weighted by molar-refractivity contribution is -0.137. The lowest BCUT2D eigenvalue weighted by atomic mass is 10.1. The number of alkyl halides is 3. The zero-order valence-electron chi connectivity index (χ0n) is 19.3. The van der Waals surface area contributed by atoms with E-state index in [-0.39, 0.29) is 36.4 Å². The molecule has 190 valence electrons. The molecule has 1 aliphatic heterocycles. The topological polar surface area (TPSA) is 116 Å². The van der Waals surface area contributed by atoms with Crippen LogP contribution in [0.2, 0.25) is 0 Å². The molecule has 3 N–H and O–H groups in total. The van der Waals surface area contributed by atoms with Gasteiger partial charge in [0.2, 0.25) is 21.9 Å². The second kappa shape index (κ2) is 9.64. The van der Waals surface area contributed by atoms with Crippen molar-refractivity contribution < 1.29 is 26.4 Å². The number of amides is 1. The predicted molar refractivity (Wildman–Crippen MR) is 131 cm³/mol. The molecule has 0 spiro atoms. The number of hydrogen-bond acceptors (Lipinski definition) is 7. The first kappa shape index (κ1) is 25.2. The molecule has 0 radical (unpaired) electrons. The zero-order valence-corrected chi connectivity index (χ0v) is 20.2. The highest BCUT2D eigenvalue weighted by Gasteiger charge is 2.36. The van der Waals surface area contributed by atoms with Gasteiger partial charge in [-0.3, -0.25) is 9.52 Å². The maximum Gasteiger partial charge on any atom is 0.421 e. The van der Waals surface area contributed by atoms with Crippen molar-refractivity contribution in [3.63, 3.8) is 0 Å². The lowest BCUT2D eigenvalue weighted by Crippen LogP contribution is -2.23. The molecule has 3 aromatic rings. The highest BCUT2D eigenvalue weighted by atomic mass is 32.2. The first-order valence-electron chi connectivity index (χ1n) is 10.9. The smallest absolute Gasteiger partial charge is 0.355 e. The number of anilines is 5. The highest BCUT2D eigenvalue weighted by molar-refractivity contribution is 7.92. The summed E-state index contributed by atoms with van der Waals surface area (Å²) in [7, 11) is -2.05. The molecule has 36 heavy (non-hydrogen) atoms. The molecule has 0 unspecified atom stereocenters. The number of sulfonamides is 1. The van der Waals surface area contributed by atoms with Crippen LogP contribution in [0.1, 0.15) is 23.6 Å². The van der Waals surface area contributed by atoms with E-state index in [1.54, 1.807) is 42.5 Å². The molecule has 2 heterocycles. The Morgan fingerprint density at radius 1 is 1.14 bits per heavy atom. The van der Waals surface area contributed by atoms with Gasteiger partial charge >= 0.3 is 6.18 Å². The van der Waals surface area contributed by atoms with E-state index in [1.165, 1.54) is 18.9 Å². The fraction of sp³-hybridized carbons (Fsp3) is 0.261. The Hall–Kier alpha value is -3.87. The number of carbonyl (C=O) groups excluding carboxylic acids is 1. The van der Waals surface area contributed by atoms with Crippen LogP contribution in [0.5, 0.6) is 0 Å². The van der Waals surface area contributed by atoms with Gasteiger partial charge in [0.1, 0.15) is 11.4 Å². The summed E-state index contributed by atoms with van der Waals surface area (Å²) in [6.45, 7) is 1.52. The molecule has 0 atom stereocenters. The Bertz CT molecular complexity index is 1410. The number of hydrogen-bond donors (Lipinski definition) is 3. The van der Waals surface area contributed by atoms with Gasteiger partial charge in [0.15, 0.2) is 0 Å². The van der Waals surface area contributed by atoms with Gasteiger partial charge in [-0.1, -0.05) is 12.1 Å². The molecule has 0 saturated heterocycles. The van der Waals surface area contributed by atoms with Crippen LogP contribution in [0, 0.1) is 0 Å². The number of aromatic nitrogens is 2. The average molecular weight is 521 g/mol. The number of fused-ring (bicyclic) bond motifs is 1. The molecule has 0 fully saturated rings. The minimum atomic E-state index is -4.69. The number of benzene rings is 2. The van der Waals surface area contributed by atoms with Crippen LogP contribution < -0.4 is 20.3 Å². The number of nitrogens with zero attached hydrogens (tertiary/aromatic N) is 3. The normalized spacial score (nSPS) is 13.2. The molecule has 1 amide bonds. The van der Waals surface area contributed by atoms with Crippen molar-refractivity contribution >= 4 is 44.8 Å². The number of rotatable bonds is 8. The van der Waals surface area contributed by atoms with Crippen LogP contribution in [-0.4, -0.2) is 37.1 Å². The summed E-state index contributed by atoms with van der Waals surface area (Å²) < 4.78 is 67.4. The predicted octanol–water partition coefficient (Wildman–Crippen LogP) is 4.13. The van der Waals surface area contributed by atoms with E-state index in [0.717, 1.165) is 5.56 Å². The van der Waals surface area contributed by atoms with Crippen LogP contribution in [0.25, 0.3) is 0 Å². The Labute approximate surface area is 205 Å². The van der Waals surface area contributed by atoms with Crippen LogP contribution in [0.15, 0.2) is 48.7 Å². The third-order valence-electron chi connectivity index (χ3n) is 5.42. The van der Waals surface area contributed by atoms with Gasteiger partial charge in [0, 0.05) is 36.9 Å². The quantitative estimate of drug-likeness (QED) is 0.409.